The summed E-state index contributed by atoms with van der Waals surface area (Å²) in [6, 6.07) is 0. The Kier molecular flexibility index (Phi) is 4.37. The first-order chi connectivity index (χ1) is 9.77. The summed E-state index contributed by atoms with van der Waals surface area (Å²) in [4.78, 5) is 12.0. The van der Waals surface area contributed by atoms with E-state index in [2.05, 4.69) is 10.3 Å². The Morgan fingerprint density at radius 2 is 2.00 bits per heavy atom. The van der Waals surface area contributed by atoms with Crippen molar-refractivity contribution in [1.29, 1.82) is 0 Å². The highest BCUT2D eigenvalue weighted by Gasteiger charge is 2.36. The van der Waals surface area contributed by atoms with Crippen LogP contribution in [0.1, 0.15) is 69.6 Å². The quantitative estimate of drug-likeness (QED) is 0.860. The largest absolute Gasteiger partial charge is 0.461 e. The molecule has 6 heteroatoms. The molecule has 2 rings (SSSR count). The highest BCUT2D eigenvalue weighted by Crippen LogP contribution is 2.33. The van der Waals surface area contributed by atoms with Gasteiger partial charge in [0, 0.05) is 5.41 Å². The minimum atomic E-state index is -0.736. The number of rotatable bonds is 4. The summed E-state index contributed by atoms with van der Waals surface area (Å²) in [7, 11) is 0. The topological polar surface area (TPSA) is 77.2 Å². The van der Waals surface area contributed by atoms with Crippen molar-refractivity contribution in [3.8, 4) is 0 Å². The molecule has 0 amide bonds. The van der Waals surface area contributed by atoms with E-state index in [1.807, 2.05) is 20.8 Å². The smallest absolute Gasteiger partial charge is 0.360 e. The maximum Gasteiger partial charge on any atom is 0.360 e. The van der Waals surface area contributed by atoms with E-state index in [0.717, 1.165) is 31.4 Å². The standard InChI is InChI=1S/C15H25N3O3/c1-5-21-13(19)11-12(14(2,3)4)18(17-16-11)10-15(20)8-6-7-9-15/h20H,5-10H2,1-4H3. The van der Waals surface area contributed by atoms with Crippen molar-refractivity contribution >= 4 is 5.97 Å². The van der Waals surface area contributed by atoms with Crippen molar-refractivity contribution in [2.75, 3.05) is 6.61 Å². The molecule has 0 aliphatic heterocycles. The summed E-state index contributed by atoms with van der Waals surface area (Å²) in [5, 5.41) is 18.7. The fourth-order valence-corrected chi connectivity index (χ4v) is 2.97. The Morgan fingerprint density at radius 1 is 1.38 bits per heavy atom. The van der Waals surface area contributed by atoms with Gasteiger partial charge >= 0.3 is 5.97 Å². The predicted octanol–water partition coefficient (Wildman–Crippen LogP) is 2.06. The number of hydrogen-bond donors (Lipinski definition) is 1. The van der Waals surface area contributed by atoms with Gasteiger partial charge in [0.25, 0.3) is 0 Å². The first-order valence-corrected chi connectivity index (χ1v) is 7.60. The van der Waals surface area contributed by atoms with Crippen LogP contribution < -0.4 is 0 Å². The van der Waals surface area contributed by atoms with Gasteiger partial charge in [-0.05, 0) is 19.8 Å². The fourth-order valence-electron chi connectivity index (χ4n) is 2.97. The van der Waals surface area contributed by atoms with E-state index in [4.69, 9.17) is 4.74 Å². The number of nitrogens with zero attached hydrogens (tertiary/aromatic N) is 3. The van der Waals surface area contributed by atoms with Crippen molar-refractivity contribution in [3.63, 3.8) is 0 Å². The zero-order valence-corrected chi connectivity index (χ0v) is 13.3. The molecule has 1 saturated carbocycles. The third-order valence-corrected chi connectivity index (χ3v) is 3.89. The molecule has 1 heterocycles. The van der Waals surface area contributed by atoms with Crippen LogP contribution in [0, 0.1) is 0 Å². The van der Waals surface area contributed by atoms with Crippen LogP contribution in [0.3, 0.4) is 0 Å². The first kappa shape index (κ1) is 15.9. The molecule has 1 aliphatic rings. The third kappa shape index (κ3) is 3.43. The van der Waals surface area contributed by atoms with Crippen LogP contribution in [0.2, 0.25) is 0 Å². The van der Waals surface area contributed by atoms with Gasteiger partial charge in [0.2, 0.25) is 0 Å². The van der Waals surface area contributed by atoms with Crippen LogP contribution in [-0.4, -0.2) is 38.3 Å². The van der Waals surface area contributed by atoms with E-state index in [1.54, 1.807) is 11.6 Å². The monoisotopic (exact) mass is 295 g/mol. The second-order valence-electron chi connectivity index (χ2n) is 6.85. The predicted molar refractivity (Wildman–Crippen MR) is 78.1 cm³/mol. The molecule has 0 bridgehead atoms. The van der Waals surface area contributed by atoms with E-state index in [9.17, 15) is 9.90 Å². The van der Waals surface area contributed by atoms with Crippen molar-refractivity contribution in [2.45, 2.75) is 70.9 Å². The maximum atomic E-state index is 12.0. The average molecular weight is 295 g/mol. The maximum absolute atomic E-state index is 12.0. The van der Waals surface area contributed by atoms with Gasteiger partial charge in [-0.3, -0.25) is 0 Å². The average Bonchev–Trinajstić information content (AvgIpc) is 2.96. The molecule has 0 atom stereocenters. The molecule has 0 radical (unpaired) electrons. The molecule has 1 fully saturated rings. The number of esters is 1. The fraction of sp³-hybridized carbons (Fsp3) is 0.800. The van der Waals surface area contributed by atoms with Gasteiger partial charge in [0.05, 0.1) is 24.4 Å². The molecule has 1 N–H and O–H groups in total. The number of aromatic nitrogens is 3. The van der Waals surface area contributed by atoms with Crippen molar-refractivity contribution in [1.82, 2.24) is 15.0 Å². The Bertz CT molecular complexity index is 511. The molecule has 1 aromatic heterocycles. The van der Waals surface area contributed by atoms with Crippen LogP contribution in [0.25, 0.3) is 0 Å². The number of carbonyl (C=O) groups is 1. The van der Waals surface area contributed by atoms with Crippen LogP contribution in [0.15, 0.2) is 0 Å². The molecular formula is C15H25N3O3. The number of aliphatic hydroxyl groups is 1. The lowest BCUT2D eigenvalue weighted by Gasteiger charge is -2.26. The van der Waals surface area contributed by atoms with Crippen molar-refractivity contribution in [3.05, 3.63) is 11.4 Å². The third-order valence-electron chi connectivity index (χ3n) is 3.89. The Morgan fingerprint density at radius 3 is 2.52 bits per heavy atom. The van der Waals surface area contributed by atoms with Gasteiger partial charge in [-0.15, -0.1) is 5.10 Å². The van der Waals surface area contributed by atoms with E-state index in [0.29, 0.717) is 13.2 Å². The SMILES string of the molecule is CCOC(=O)c1nnn(CC2(O)CCCC2)c1C(C)(C)C. The minimum absolute atomic E-state index is 0.256. The highest BCUT2D eigenvalue weighted by molar-refractivity contribution is 5.88. The lowest BCUT2D eigenvalue weighted by molar-refractivity contribution is 0.0243. The second kappa shape index (κ2) is 5.75. The zero-order chi connectivity index (χ0) is 15.7. The summed E-state index contributed by atoms with van der Waals surface area (Å²) in [6.45, 7) is 8.46. The number of hydrogen-bond acceptors (Lipinski definition) is 5. The summed E-state index contributed by atoms with van der Waals surface area (Å²) in [6.07, 6.45) is 3.60. The molecule has 21 heavy (non-hydrogen) atoms. The Hall–Kier alpha value is -1.43. The molecule has 6 nitrogen and oxygen atoms in total. The van der Waals surface area contributed by atoms with E-state index in [1.165, 1.54) is 0 Å². The summed E-state index contributed by atoms with van der Waals surface area (Å²) in [5.74, 6) is -0.452. The Balaban J connectivity index is 2.35. The molecule has 0 saturated heterocycles. The molecule has 0 unspecified atom stereocenters. The minimum Gasteiger partial charge on any atom is -0.461 e. The van der Waals surface area contributed by atoms with Gasteiger partial charge in [0.15, 0.2) is 5.69 Å². The number of carbonyl (C=O) groups excluding carboxylic acids is 1. The van der Waals surface area contributed by atoms with Gasteiger partial charge < -0.3 is 9.84 Å². The molecule has 0 spiro atoms. The van der Waals surface area contributed by atoms with Crippen LogP contribution in [-0.2, 0) is 16.7 Å². The van der Waals surface area contributed by atoms with Crippen LogP contribution >= 0.6 is 0 Å². The molecule has 1 aromatic rings. The summed E-state index contributed by atoms with van der Waals surface area (Å²) >= 11 is 0. The van der Waals surface area contributed by atoms with Gasteiger partial charge in [-0.2, -0.15) is 0 Å². The van der Waals surface area contributed by atoms with Crippen LogP contribution in [0.4, 0.5) is 0 Å². The molecular weight excluding hydrogens is 270 g/mol. The zero-order valence-electron chi connectivity index (χ0n) is 13.3. The summed E-state index contributed by atoms with van der Waals surface area (Å²) < 4.78 is 6.73. The highest BCUT2D eigenvalue weighted by atomic mass is 16.5. The van der Waals surface area contributed by atoms with E-state index in [-0.39, 0.29) is 11.1 Å². The van der Waals surface area contributed by atoms with Crippen LogP contribution in [0.5, 0.6) is 0 Å². The molecule has 118 valence electrons. The van der Waals surface area contributed by atoms with Gasteiger partial charge in [-0.1, -0.05) is 38.8 Å². The Labute approximate surface area is 125 Å². The van der Waals surface area contributed by atoms with Crippen molar-refractivity contribution < 1.29 is 14.6 Å². The van der Waals surface area contributed by atoms with E-state index >= 15 is 0 Å². The molecule has 0 aromatic carbocycles. The first-order valence-electron chi connectivity index (χ1n) is 7.60. The van der Waals surface area contributed by atoms with Gasteiger partial charge in [-0.25, -0.2) is 9.48 Å². The van der Waals surface area contributed by atoms with Crippen molar-refractivity contribution in [2.24, 2.45) is 0 Å². The lowest BCUT2D eigenvalue weighted by Crippen LogP contribution is -2.34. The second-order valence-corrected chi connectivity index (χ2v) is 6.85. The molecule has 1 aliphatic carbocycles. The van der Waals surface area contributed by atoms with Gasteiger partial charge in [0.1, 0.15) is 0 Å². The summed E-state index contributed by atoms with van der Waals surface area (Å²) in [5.41, 5.74) is -0.0626. The normalized spacial score (nSPS) is 18.0. The lowest BCUT2D eigenvalue weighted by atomic mass is 9.89. The van der Waals surface area contributed by atoms with E-state index < -0.39 is 11.6 Å². The number of ether oxygens (including phenoxy) is 1.